The van der Waals surface area contributed by atoms with Gasteiger partial charge in [0.25, 0.3) is 0 Å². The van der Waals surface area contributed by atoms with Gasteiger partial charge in [-0.1, -0.05) is 26.8 Å². The third-order valence-electron chi connectivity index (χ3n) is 3.40. The van der Waals surface area contributed by atoms with Crippen LogP contribution in [-0.2, 0) is 6.42 Å². The van der Waals surface area contributed by atoms with Crippen LogP contribution in [0.25, 0.3) is 0 Å². The second kappa shape index (κ2) is 8.15. The van der Waals surface area contributed by atoms with Crippen molar-refractivity contribution in [1.29, 1.82) is 0 Å². The van der Waals surface area contributed by atoms with Gasteiger partial charge in [-0.25, -0.2) is 0 Å². The second-order valence-electron chi connectivity index (χ2n) is 5.15. The Hall–Kier alpha value is -1.02. The zero-order chi connectivity index (χ0) is 13.4. The molecular formula is C16H28N2. The molecule has 1 aliphatic rings. The molecule has 1 aromatic carbocycles. The molecule has 0 heterocycles. The highest BCUT2D eigenvalue weighted by Crippen LogP contribution is 2.33. The highest BCUT2D eigenvalue weighted by atomic mass is 14.8. The average molecular weight is 248 g/mol. The van der Waals surface area contributed by atoms with Crippen LogP contribution in [0.2, 0.25) is 0 Å². The van der Waals surface area contributed by atoms with Crippen LogP contribution in [0.1, 0.15) is 57.1 Å². The Morgan fingerprint density at radius 3 is 2.50 bits per heavy atom. The lowest BCUT2D eigenvalue weighted by Gasteiger charge is -2.04. The van der Waals surface area contributed by atoms with Crippen molar-refractivity contribution < 1.29 is 0 Å². The third kappa shape index (κ3) is 4.69. The van der Waals surface area contributed by atoms with Gasteiger partial charge in [0.05, 0.1) is 0 Å². The molecule has 0 saturated heterocycles. The number of anilines is 1. The molecule has 3 N–H and O–H groups in total. The molecule has 1 aromatic rings. The summed E-state index contributed by atoms with van der Waals surface area (Å²) in [6.45, 7) is 8.98. The van der Waals surface area contributed by atoms with E-state index in [1.807, 2.05) is 6.07 Å². The number of aryl methyl sites for hydroxylation is 1. The van der Waals surface area contributed by atoms with Crippen LogP contribution < -0.4 is 11.1 Å². The Labute approximate surface area is 112 Å². The first-order valence-corrected chi connectivity index (χ1v) is 7.28. The summed E-state index contributed by atoms with van der Waals surface area (Å²) in [5.74, 6) is 0.716. The molecule has 1 aliphatic carbocycles. The molecular weight excluding hydrogens is 220 g/mol. The van der Waals surface area contributed by atoms with E-state index in [9.17, 15) is 0 Å². The summed E-state index contributed by atoms with van der Waals surface area (Å²) in [5.41, 5.74) is 9.55. The first-order valence-electron chi connectivity index (χ1n) is 7.28. The van der Waals surface area contributed by atoms with Gasteiger partial charge in [0.15, 0.2) is 0 Å². The van der Waals surface area contributed by atoms with E-state index in [1.165, 1.54) is 49.9 Å². The van der Waals surface area contributed by atoms with Gasteiger partial charge in [-0.2, -0.15) is 0 Å². The monoisotopic (exact) mass is 248 g/mol. The summed E-state index contributed by atoms with van der Waals surface area (Å²) in [7, 11) is 0. The Morgan fingerprint density at radius 1 is 1.22 bits per heavy atom. The van der Waals surface area contributed by atoms with Crippen LogP contribution >= 0.6 is 0 Å². The van der Waals surface area contributed by atoms with Crippen LogP contribution in [0, 0.1) is 0 Å². The molecule has 2 heteroatoms. The highest BCUT2D eigenvalue weighted by Gasteiger charge is 2.17. The van der Waals surface area contributed by atoms with Crippen molar-refractivity contribution in [2.24, 2.45) is 0 Å². The maximum Gasteiger partial charge on any atom is 0.0317 e. The van der Waals surface area contributed by atoms with Crippen molar-refractivity contribution in [2.45, 2.75) is 52.4 Å². The minimum Gasteiger partial charge on any atom is -0.399 e. The number of hydrogen-bond acceptors (Lipinski definition) is 2. The molecule has 18 heavy (non-hydrogen) atoms. The van der Waals surface area contributed by atoms with E-state index < -0.39 is 0 Å². The average Bonchev–Trinajstić information content (AvgIpc) is 2.73. The highest BCUT2D eigenvalue weighted by molar-refractivity contribution is 5.47. The molecule has 2 nitrogen and oxygen atoms in total. The van der Waals surface area contributed by atoms with E-state index in [2.05, 4.69) is 38.2 Å². The molecule has 0 amide bonds. The molecule has 0 saturated carbocycles. The molecule has 0 aromatic heterocycles. The molecule has 1 unspecified atom stereocenters. The predicted molar refractivity (Wildman–Crippen MR) is 81.0 cm³/mol. The van der Waals surface area contributed by atoms with Crippen molar-refractivity contribution in [3.8, 4) is 0 Å². The summed E-state index contributed by atoms with van der Waals surface area (Å²) >= 11 is 0. The molecule has 0 fully saturated rings. The van der Waals surface area contributed by atoms with Gasteiger partial charge in [0.2, 0.25) is 0 Å². The first kappa shape index (κ1) is 15.0. The van der Waals surface area contributed by atoms with E-state index in [0.29, 0.717) is 5.92 Å². The fourth-order valence-corrected chi connectivity index (χ4v) is 2.31. The topological polar surface area (TPSA) is 38.0 Å². The smallest absolute Gasteiger partial charge is 0.0317 e. The number of rotatable bonds is 4. The Bertz CT molecular complexity index is 343. The number of nitrogens with two attached hydrogens (primary N) is 1. The Morgan fingerprint density at radius 2 is 1.89 bits per heavy atom. The van der Waals surface area contributed by atoms with Crippen molar-refractivity contribution >= 4 is 5.69 Å². The van der Waals surface area contributed by atoms with Gasteiger partial charge in [0, 0.05) is 5.69 Å². The zero-order valence-electron chi connectivity index (χ0n) is 12.1. The van der Waals surface area contributed by atoms with Gasteiger partial charge in [-0.3, -0.25) is 0 Å². The summed E-state index contributed by atoms with van der Waals surface area (Å²) < 4.78 is 0. The van der Waals surface area contributed by atoms with Crippen LogP contribution in [0.15, 0.2) is 18.2 Å². The summed E-state index contributed by atoms with van der Waals surface area (Å²) in [6, 6.07) is 6.28. The van der Waals surface area contributed by atoms with E-state index in [1.54, 1.807) is 0 Å². The van der Waals surface area contributed by atoms with Crippen LogP contribution in [-0.4, -0.2) is 13.1 Å². The number of nitrogens with one attached hydrogen (secondary N) is 1. The minimum atomic E-state index is 0.716. The second-order valence-corrected chi connectivity index (χ2v) is 5.15. The van der Waals surface area contributed by atoms with Gasteiger partial charge in [-0.15, -0.1) is 0 Å². The molecule has 102 valence electrons. The Kier molecular flexibility index (Phi) is 6.81. The number of fused-ring (bicyclic) bond motifs is 1. The summed E-state index contributed by atoms with van der Waals surface area (Å²) in [5, 5.41) is 3.28. The third-order valence-corrected chi connectivity index (χ3v) is 3.40. The SMILES string of the molecule is CC1CCc2ccc(N)cc21.CCCNCCC. The lowest BCUT2D eigenvalue weighted by atomic mass is 10.0. The van der Waals surface area contributed by atoms with Crippen molar-refractivity contribution in [1.82, 2.24) is 5.32 Å². The largest absolute Gasteiger partial charge is 0.399 e. The van der Waals surface area contributed by atoms with Crippen molar-refractivity contribution in [3.63, 3.8) is 0 Å². The normalized spacial score (nSPS) is 16.9. The standard InChI is InChI=1S/C10H13N.C6H15N/c1-7-2-3-8-4-5-9(11)6-10(7)8;1-3-5-7-6-4-2/h4-7H,2-3,11H2,1H3;7H,3-6H2,1-2H3. The van der Waals surface area contributed by atoms with Gasteiger partial charge >= 0.3 is 0 Å². The van der Waals surface area contributed by atoms with E-state index >= 15 is 0 Å². The number of benzene rings is 1. The molecule has 0 spiro atoms. The molecule has 0 bridgehead atoms. The summed E-state index contributed by atoms with van der Waals surface area (Å²) in [6.07, 6.45) is 5.02. The maximum atomic E-state index is 5.69. The fourth-order valence-electron chi connectivity index (χ4n) is 2.31. The lowest BCUT2D eigenvalue weighted by molar-refractivity contribution is 0.662. The first-order chi connectivity index (χ1) is 8.69. The number of nitrogen functional groups attached to an aromatic ring is 1. The van der Waals surface area contributed by atoms with Gasteiger partial charge in [-0.05, 0) is 68.0 Å². The van der Waals surface area contributed by atoms with Crippen LogP contribution in [0.4, 0.5) is 5.69 Å². The van der Waals surface area contributed by atoms with Crippen LogP contribution in [0.5, 0.6) is 0 Å². The molecule has 1 atom stereocenters. The van der Waals surface area contributed by atoms with E-state index in [0.717, 1.165) is 5.69 Å². The zero-order valence-corrected chi connectivity index (χ0v) is 12.1. The molecule has 2 rings (SSSR count). The molecule has 0 aliphatic heterocycles. The van der Waals surface area contributed by atoms with E-state index in [-0.39, 0.29) is 0 Å². The van der Waals surface area contributed by atoms with Gasteiger partial charge < -0.3 is 11.1 Å². The Balaban J connectivity index is 0.000000203. The number of hydrogen-bond donors (Lipinski definition) is 2. The molecule has 0 radical (unpaired) electrons. The van der Waals surface area contributed by atoms with Crippen molar-refractivity contribution in [3.05, 3.63) is 29.3 Å². The van der Waals surface area contributed by atoms with Crippen molar-refractivity contribution in [2.75, 3.05) is 18.8 Å². The summed E-state index contributed by atoms with van der Waals surface area (Å²) in [4.78, 5) is 0. The fraction of sp³-hybridized carbons (Fsp3) is 0.625. The minimum absolute atomic E-state index is 0.716. The van der Waals surface area contributed by atoms with Crippen LogP contribution in [0.3, 0.4) is 0 Å². The quantitative estimate of drug-likeness (QED) is 0.629. The van der Waals surface area contributed by atoms with E-state index in [4.69, 9.17) is 5.73 Å². The lowest BCUT2D eigenvalue weighted by Crippen LogP contribution is -2.14. The maximum absolute atomic E-state index is 5.69. The predicted octanol–water partition coefficient (Wildman–Crippen LogP) is 3.71. The van der Waals surface area contributed by atoms with Gasteiger partial charge in [0.1, 0.15) is 0 Å².